The van der Waals surface area contributed by atoms with Gasteiger partial charge in [0.2, 0.25) is 0 Å². The summed E-state index contributed by atoms with van der Waals surface area (Å²) < 4.78 is 0. The Balaban J connectivity index is 2.37. The van der Waals surface area contributed by atoms with Crippen LogP contribution in [0.3, 0.4) is 0 Å². The van der Waals surface area contributed by atoms with Crippen molar-refractivity contribution < 1.29 is 4.79 Å². The van der Waals surface area contributed by atoms with Crippen molar-refractivity contribution in [2.75, 3.05) is 24.5 Å². The molecule has 0 saturated carbocycles. The number of amides is 1. The second-order valence-electron chi connectivity index (χ2n) is 4.87. The summed E-state index contributed by atoms with van der Waals surface area (Å²) in [5.41, 5.74) is 6.88. The van der Waals surface area contributed by atoms with E-state index in [9.17, 15) is 4.79 Å². The predicted octanol–water partition coefficient (Wildman–Crippen LogP) is 2.02. The van der Waals surface area contributed by atoms with E-state index in [4.69, 9.17) is 17.3 Å². The zero-order chi connectivity index (χ0) is 13.8. The number of hydrogen-bond acceptors (Lipinski definition) is 3. The number of primary amides is 1. The third-order valence-electron chi connectivity index (χ3n) is 3.47. The van der Waals surface area contributed by atoms with Crippen LogP contribution in [-0.4, -0.2) is 31.6 Å². The molecule has 2 rings (SSSR count). The van der Waals surface area contributed by atoms with Gasteiger partial charge in [-0.1, -0.05) is 18.5 Å². The Bertz CT molecular complexity index is 458. The Morgan fingerprint density at radius 3 is 2.95 bits per heavy atom. The summed E-state index contributed by atoms with van der Waals surface area (Å²) in [5, 5.41) is 3.90. The molecule has 19 heavy (non-hydrogen) atoms. The first-order chi connectivity index (χ1) is 9.13. The van der Waals surface area contributed by atoms with Gasteiger partial charge in [0.1, 0.15) is 0 Å². The van der Waals surface area contributed by atoms with E-state index in [2.05, 4.69) is 17.1 Å². The number of nitrogens with zero attached hydrogens (tertiary/aromatic N) is 1. The number of halogens is 1. The predicted molar refractivity (Wildman–Crippen MR) is 78.9 cm³/mol. The van der Waals surface area contributed by atoms with Crippen molar-refractivity contribution in [3.05, 3.63) is 28.8 Å². The van der Waals surface area contributed by atoms with Gasteiger partial charge in [-0.05, 0) is 37.6 Å². The summed E-state index contributed by atoms with van der Waals surface area (Å²) in [6.07, 6.45) is 2.11. The lowest BCUT2D eigenvalue weighted by Crippen LogP contribution is -2.38. The first-order valence-corrected chi connectivity index (χ1v) is 7.08. The van der Waals surface area contributed by atoms with Crippen molar-refractivity contribution >= 4 is 23.2 Å². The second kappa shape index (κ2) is 6.26. The van der Waals surface area contributed by atoms with Crippen LogP contribution in [0, 0.1) is 0 Å². The minimum atomic E-state index is -0.426. The summed E-state index contributed by atoms with van der Waals surface area (Å²) in [6.45, 7) is 5.01. The fourth-order valence-electron chi connectivity index (χ4n) is 2.60. The van der Waals surface area contributed by atoms with Crippen molar-refractivity contribution in [1.82, 2.24) is 5.32 Å². The highest BCUT2D eigenvalue weighted by Gasteiger charge is 2.24. The molecule has 1 atom stereocenters. The van der Waals surface area contributed by atoms with Gasteiger partial charge < -0.3 is 16.0 Å². The maximum absolute atomic E-state index is 11.6. The number of benzene rings is 1. The number of hydrogen-bond donors (Lipinski definition) is 2. The summed E-state index contributed by atoms with van der Waals surface area (Å²) in [6, 6.07) is 5.79. The van der Waals surface area contributed by atoms with Gasteiger partial charge in [-0.15, -0.1) is 0 Å². The van der Waals surface area contributed by atoms with Crippen molar-refractivity contribution in [3.8, 4) is 0 Å². The molecule has 0 spiro atoms. The summed E-state index contributed by atoms with van der Waals surface area (Å²) in [4.78, 5) is 13.9. The molecule has 0 radical (unpaired) electrons. The number of nitrogens with two attached hydrogens (primary N) is 1. The highest BCUT2D eigenvalue weighted by atomic mass is 35.5. The van der Waals surface area contributed by atoms with Crippen LogP contribution in [0.15, 0.2) is 18.2 Å². The van der Waals surface area contributed by atoms with E-state index in [1.54, 1.807) is 6.07 Å². The normalized spacial score (nSPS) is 18.5. The van der Waals surface area contributed by atoms with E-state index in [-0.39, 0.29) is 0 Å². The highest BCUT2D eigenvalue weighted by molar-refractivity contribution is 6.31. The summed E-state index contributed by atoms with van der Waals surface area (Å²) in [7, 11) is 0. The molecule has 1 aromatic rings. The van der Waals surface area contributed by atoms with Crippen LogP contribution >= 0.6 is 11.6 Å². The summed E-state index contributed by atoms with van der Waals surface area (Å²) in [5.74, 6) is -0.426. The number of carbonyl (C=O) groups excluding carboxylic acids is 1. The Hall–Kier alpha value is -1.26. The number of carbonyl (C=O) groups is 1. The van der Waals surface area contributed by atoms with Crippen LogP contribution in [0.1, 0.15) is 30.1 Å². The van der Waals surface area contributed by atoms with Crippen LogP contribution in [0.2, 0.25) is 5.02 Å². The fraction of sp³-hybridized carbons (Fsp3) is 0.500. The molecule has 1 amide bonds. The molecule has 1 saturated heterocycles. The molecular weight excluding hydrogens is 262 g/mol. The van der Waals surface area contributed by atoms with Crippen LogP contribution in [0.4, 0.5) is 5.69 Å². The maximum atomic E-state index is 11.6. The molecule has 1 unspecified atom stereocenters. The van der Waals surface area contributed by atoms with Crippen LogP contribution in [0.25, 0.3) is 0 Å². The number of anilines is 1. The van der Waals surface area contributed by atoms with E-state index in [1.165, 1.54) is 0 Å². The van der Waals surface area contributed by atoms with Gasteiger partial charge in [-0.2, -0.15) is 0 Å². The Morgan fingerprint density at radius 1 is 1.58 bits per heavy atom. The standard InChI is InChI=1S/C14H20ClN3O/c1-2-7-18(11-5-6-17-9-11)13-4-3-10(15)8-12(13)14(16)19/h3-4,8,11,17H,2,5-7,9H2,1H3,(H2,16,19). The van der Waals surface area contributed by atoms with Crippen molar-refractivity contribution in [1.29, 1.82) is 0 Å². The van der Waals surface area contributed by atoms with E-state index in [0.29, 0.717) is 16.6 Å². The van der Waals surface area contributed by atoms with Gasteiger partial charge in [-0.25, -0.2) is 0 Å². The van der Waals surface area contributed by atoms with Gasteiger partial charge in [0, 0.05) is 29.8 Å². The Kier molecular flexibility index (Phi) is 4.66. The molecule has 1 aromatic carbocycles. The quantitative estimate of drug-likeness (QED) is 0.868. The molecule has 104 valence electrons. The molecule has 1 aliphatic heterocycles. The fourth-order valence-corrected chi connectivity index (χ4v) is 2.77. The van der Waals surface area contributed by atoms with E-state index >= 15 is 0 Å². The molecule has 1 aliphatic rings. The van der Waals surface area contributed by atoms with Gasteiger partial charge >= 0.3 is 0 Å². The summed E-state index contributed by atoms with van der Waals surface area (Å²) >= 11 is 5.96. The third kappa shape index (κ3) is 3.19. The number of rotatable bonds is 5. The van der Waals surface area contributed by atoms with Crippen molar-refractivity contribution in [3.63, 3.8) is 0 Å². The average Bonchev–Trinajstić information content (AvgIpc) is 2.90. The SMILES string of the molecule is CCCN(c1ccc(Cl)cc1C(N)=O)C1CCNC1. The minimum Gasteiger partial charge on any atom is -0.367 e. The average molecular weight is 282 g/mol. The van der Waals surface area contributed by atoms with Gasteiger partial charge in [0.05, 0.1) is 5.56 Å². The van der Waals surface area contributed by atoms with Crippen LogP contribution in [-0.2, 0) is 0 Å². The zero-order valence-electron chi connectivity index (χ0n) is 11.2. The molecule has 4 nitrogen and oxygen atoms in total. The first kappa shape index (κ1) is 14.2. The molecule has 0 bridgehead atoms. The van der Waals surface area contributed by atoms with Gasteiger partial charge in [0.25, 0.3) is 5.91 Å². The minimum absolute atomic E-state index is 0.416. The largest absolute Gasteiger partial charge is 0.367 e. The van der Waals surface area contributed by atoms with E-state index in [1.807, 2.05) is 12.1 Å². The zero-order valence-corrected chi connectivity index (χ0v) is 11.9. The molecule has 1 fully saturated rings. The lowest BCUT2D eigenvalue weighted by molar-refractivity contribution is 0.100. The van der Waals surface area contributed by atoms with E-state index < -0.39 is 5.91 Å². The Labute approximate surface area is 118 Å². The third-order valence-corrected chi connectivity index (χ3v) is 3.71. The monoisotopic (exact) mass is 281 g/mol. The maximum Gasteiger partial charge on any atom is 0.250 e. The van der Waals surface area contributed by atoms with Crippen LogP contribution in [0.5, 0.6) is 0 Å². The first-order valence-electron chi connectivity index (χ1n) is 6.70. The van der Waals surface area contributed by atoms with E-state index in [0.717, 1.165) is 38.2 Å². The molecule has 0 aromatic heterocycles. The molecule has 3 N–H and O–H groups in total. The lowest BCUT2D eigenvalue weighted by Gasteiger charge is -2.31. The number of nitrogens with one attached hydrogen (secondary N) is 1. The second-order valence-corrected chi connectivity index (χ2v) is 5.30. The van der Waals surface area contributed by atoms with Crippen molar-refractivity contribution in [2.24, 2.45) is 5.73 Å². The Morgan fingerprint density at radius 2 is 2.37 bits per heavy atom. The topological polar surface area (TPSA) is 58.4 Å². The molecular formula is C14H20ClN3O. The van der Waals surface area contributed by atoms with Crippen molar-refractivity contribution in [2.45, 2.75) is 25.8 Å². The highest BCUT2D eigenvalue weighted by Crippen LogP contribution is 2.27. The lowest BCUT2D eigenvalue weighted by atomic mass is 10.1. The smallest absolute Gasteiger partial charge is 0.250 e. The van der Waals surface area contributed by atoms with Crippen LogP contribution < -0.4 is 16.0 Å². The van der Waals surface area contributed by atoms with Gasteiger partial charge in [-0.3, -0.25) is 4.79 Å². The van der Waals surface area contributed by atoms with Gasteiger partial charge in [0.15, 0.2) is 0 Å². The molecule has 1 heterocycles. The molecule has 0 aliphatic carbocycles. The molecule has 5 heteroatoms.